The molecule has 0 aliphatic carbocycles. The molecule has 0 spiro atoms. The molecule has 0 radical (unpaired) electrons. The molecule has 15 heteroatoms. The molecule has 0 bridgehead atoms. The van der Waals surface area contributed by atoms with Gasteiger partial charge in [-0.2, -0.15) is 30.9 Å². The highest BCUT2D eigenvalue weighted by Gasteiger charge is 2.46. The van der Waals surface area contributed by atoms with Crippen molar-refractivity contribution < 1.29 is 47.7 Å². The highest BCUT2D eigenvalue weighted by molar-refractivity contribution is 8.13. The van der Waals surface area contributed by atoms with E-state index in [1.54, 1.807) is 10.6 Å². The third kappa shape index (κ3) is 11.2. The van der Waals surface area contributed by atoms with Gasteiger partial charge in [-0.3, -0.25) is 0 Å². The maximum atomic E-state index is 11.4. The lowest BCUT2D eigenvalue weighted by atomic mass is 10.1. The van der Waals surface area contributed by atoms with Crippen LogP contribution in [0.1, 0.15) is 82.7 Å². The van der Waals surface area contributed by atoms with E-state index in [1.165, 1.54) is 70.8 Å². The molecule has 0 aliphatic heterocycles. The topological polar surface area (TPSA) is 86.3 Å². The number of rotatable bonds is 13. The van der Waals surface area contributed by atoms with Crippen molar-refractivity contribution in [3.63, 3.8) is 0 Å². The van der Waals surface area contributed by atoms with Crippen LogP contribution in [-0.2, 0) is 39.4 Å². The zero-order valence-corrected chi connectivity index (χ0v) is 21.8. The minimum atomic E-state index is -6.72. The zero-order valence-electron chi connectivity index (χ0n) is 19.4. The number of hydrogen-bond acceptors (Lipinski definition) is 5. The Morgan fingerprint density at radius 2 is 1.26 bits per heavy atom. The zero-order chi connectivity index (χ0) is 26.6. The normalized spacial score (nSPS) is 13.0. The van der Waals surface area contributed by atoms with Gasteiger partial charge in [0, 0.05) is 12.8 Å². The molecule has 0 aromatic carbocycles. The van der Waals surface area contributed by atoms with Gasteiger partial charge in [-0.25, -0.2) is 16.8 Å². The number of aryl methyl sites for hydroxylation is 2. The van der Waals surface area contributed by atoms with E-state index in [-0.39, 0.29) is 0 Å². The third-order valence-electron chi connectivity index (χ3n) is 4.62. The summed E-state index contributed by atoms with van der Waals surface area (Å²) in [5.74, 6) is 0. The van der Waals surface area contributed by atoms with E-state index in [4.69, 9.17) is 0 Å². The second-order valence-corrected chi connectivity index (χ2v) is 11.8. The van der Waals surface area contributed by atoms with Crippen molar-refractivity contribution >= 4 is 31.4 Å². The first-order valence-corrected chi connectivity index (χ1v) is 14.7. The molecular weight excluding hydrogens is 530 g/mol. The Hall–Kier alpha value is -0.930. The van der Waals surface area contributed by atoms with Crippen LogP contribution in [0.4, 0.5) is 26.3 Å². The second kappa shape index (κ2) is 14.6. The summed E-state index contributed by atoms with van der Waals surface area (Å²) in [5, 5.41) is 0. The molecule has 1 heterocycles. The molecule has 0 saturated heterocycles. The Balaban J connectivity index is 0.000000661. The molecule has 0 amide bonds. The van der Waals surface area contributed by atoms with Gasteiger partial charge in [-0.05, 0) is 19.3 Å². The molecule has 0 aliphatic rings. The van der Waals surface area contributed by atoms with Gasteiger partial charge in [-0.1, -0.05) is 64.2 Å². The predicted molar refractivity (Wildman–Crippen MR) is 119 cm³/mol. The van der Waals surface area contributed by atoms with Crippen LogP contribution < -0.4 is 4.57 Å². The van der Waals surface area contributed by atoms with E-state index in [1.807, 2.05) is 11.3 Å². The van der Waals surface area contributed by atoms with E-state index in [0.29, 0.717) is 0 Å². The summed E-state index contributed by atoms with van der Waals surface area (Å²) in [5.41, 5.74) is -8.44. The number of aromatic nitrogens is 1. The van der Waals surface area contributed by atoms with Gasteiger partial charge in [0.1, 0.15) is 6.54 Å². The SMILES string of the molecule is CCCCCCc1sc[n+](CCCCCC)c1CC.O=S(=O)([N-]S(=O)(=O)C(F)(F)F)C(F)(F)F. The van der Waals surface area contributed by atoms with Gasteiger partial charge in [0.15, 0.2) is 25.7 Å². The van der Waals surface area contributed by atoms with E-state index >= 15 is 0 Å². The number of unbranched alkanes of at least 4 members (excludes halogenated alkanes) is 6. The highest BCUT2D eigenvalue weighted by atomic mass is 32.3. The van der Waals surface area contributed by atoms with Crippen molar-refractivity contribution in [2.45, 2.75) is 103 Å². The van der Waals surface area contributed by atoms with Crippen molar-refractivity contribution in [1.29, 1.82) is 0 Å². The summed E-state index contributed by atoms with van der Waals surface area (Å²) >= 11 is 1.99. The molecule has 0 fully saturated rings. The van der Waals surface area contributed by atoms with E-state index in [0.717, 1.165) is 4.13 Å². The predicted octanol–water partition coefficient (Wildman–Crippen LogP) is 6.36. The lowest BCUT2D eigenvalue weighted by Crippen LogP contribution is -2.35. The van der Waals surface area contributed by atoms with Gasteiger partial charge in [0.2, 0.25) is 5.51 Å². The number of alkyl halides is 6. The number of nitrogens with zero attached hydrogens (tertiary/aromatic N) is 2. The number of halogens is 6. The first-order valence-electron chi connectivity index (χ1n) is 10.9. The van der Waals surface area contributed by atoms with Gasteiger partial charge >= 0.3 is 11.0 Å². The van der Waals surface area contributed by atoms with Crippen molar-refractivity contribution in [1.82, 2.24) is 0 Å². The van der Waals surface area contributed by atoms with Gasteiger partial charge in [0.05, 0.1) is 4.88 Å². The maximum absolute atomic E-state index is 11.4. The number of thiazole rings is 1. The monoisotopic (exact) mass is 562 g/mol. The molecule has 0 N–H and O–H groups in total. The first kappa shape index (κ1) is 33.1. The quantitative estimate of drug-likeness (QED) is 0.159. The summed E-state index contributed by atoms with van der Waals surface area (Å²) in [7, 11) is -13.4. The second-order valence-electron chi connectivity index (χ2n) is 7.43. The summed E-state index contributed by atoms with van der Waals surface area (Å²) in [4.78, 5) is 1.65. The third-order valence-corrected chi connectivity index (χ3v) is 8.44. The van der Waals surface area contributed by atoms with E-state index in [2.05, 4.69) is 30.8 Å². The fourth-order valence-electron chi connectivity index (χ4n) is 2.85. The maximum Gasteiger partial charge on any atom is 0.480 e. The Morgan fingerprint density at radius 1 is 0.794 bits per heavy atom. The van der Waals surface area contributed by atoms with Crippen LogP contribution in [0.5, 0.6) is 0 Å². The Kier molecular flexibility index (Phi) is 14.2. The summed E-state index contributed by atoms with van der Waals surface area (Å²) in [6.07, 6.45) is 13.4. The van der Waals surface area contributed by atoms with Crippen LogP contribution in [0, 0.1) is 0 Å². The molecule has 1 aromatic heterocycles. The van der Waals surface area contributed by atoms with Crippen LogP contribution in [0.25, 0.3) is 4.13 Å². The summed E-state index contributed by atoms with van der Waals surface area (Å²) < 4.78 is 112. The highest BCUT2D eigenvalue weighted by Crippen LogP contribution is 2.36. The van der Waals surface area contributed by atoms with E-state index in [9.17, 15) is 43.2 Å². The van der Waals surface area contributed by atoms with Crippen molar-refractivity contribution in [2.24, 2.45) is 0 Å². The largest absolute Gasteiger partial charge is 0.480 e. The van der Waals surface area contributed by atoms with Crippen LogP contribution in [0.3, 0.4) is 0 Å². The van der Waals surface area contributed by atoms with Crippen LogP contribution in [0.15, 0.2) is 5.51 Å². The average Bonchev–Trinajstić information content (AvgIpc) is 3.08. The van der Waals surface area contributed by atoms with Crippen molar-refractivity contribution in [3.8, 4) is 0 Å². The summed E-state index contributed by atoms with van der Waals surface area (Å²) in [6.45, 7) is 8.10. The molecule has 0 saturated carbocycles. The number of sulfonamides is 2. The molecule has 1 aromatic rings. The van der Waals surface area contributed by atoms with Crippen LogP contribution >= 0.6 is 11.3 Å². The smallest absolute Gasteiger partial charge is 0.421 e. The Labute approximate surface area is 201 Å². The molecule has 0 atom stereocenters. The Bertz CT molecular complexity index is 855. The molecule has 6 nitrogen and oxygen atoms in total. The summed E-state index contributed by atoms with van der Waals surface area (Å²) in [6, 6.07) is 0. The first-order chi connectivity index (χ1) is 15.5. The molecule has 0 unspecified atom stereocenters. The molecular formula is C19H32F6N2O4S3. The molecule has 202 valence electrons. The van der Waals surface area contributed by atoms with Crippen molar-refractivity contribution in [2.75, 3.05) is 0 Å². The molecule has 1 rings (SSSR count). The van der Waals surface area contributed by atoms with Crippen molar-refractivity contribution in [3.05, 3.63) is 20.2 Å². The lowest BCUT2D eigenvalue weighted by molar-refractivity contribution is -0.700. The van der Waals surface area contributed by atoms with Crippen LogP contribution in [0.2, 0.25) is 0 Å². The molecule has 34 heavy (non-hydrogen) atoms. The fourth-order valence-corrected chi connectivity index (χ4v) is 5.70. The number of hydrogen-bond donors (Lipinski definition) is 0. The lowest BCUT2D eigenvalue weighted by Gasteiger charge is -2.22. The average molecular weight is 563 g/mol. The fraction of sp³-hybridized carbons (Fsp3) is 0.842. The minimum absolute atomic E-state index is 0.778. The van der Waals surface area contributed by atoms with Gasteiger partial charge < -0.3 is 4.13 Å². The minimum Gasteiger partial charge on any atom is -0.421 e. The van der Waals surface area contributed by atoms with E-state index < -0.39 is 31.1 Å². The van der Waals surface area contributed by atoms with Gasteiger partial charge in [-0.15, -0.1) is 0 Å². The van der Waals surface area contributed by atoms with Gasteiger partial charge in [0.25, 0.3) is 0 Å². The standard InChI is InChI=1S/C17H32NS.C2F6NO4S2/c1-4-7-9-11-13-17-16(6-3)18(15-19-17)14-12-10-8-5-2;3-1(4,5)14(10,11)9-15(12,13)2(6,7)8/h15H,4-14H2,1-3H3;/q+1;-1. The Morgan fingerprint density at radius 3 is 1.68 bits per heavy atom. The van der Waals surface area contributed by atoms with Crippen LogP contribution in [-0.4, -0.2) is 27.9 Å².